The average Bonchev–Trinajstić information content (AvgIpc) is 2.13. The zero-order valence-electron chi connectivity index (χ0n) is 8.39. The zero-order chi connectivity index (χ0) is 8.27. The fourth-order valence-corrected chi connectivity index (χ4v) is 2.00. The number of hydrogen-bond donors (Lipinski definition) is 1. The Labute approximate surface area is 87.4 Å². The molecule has 1 saturated heterocycles. The molecule has 0 aromatic heterocycles. The Kier molecular flexibility index (Phi) is 6.27. The van der Waals surface area contributed by atoms with Gasteiger partial charge in [-0.25, -0.2) is 0 Å². The second kappa shape index (κ2) is 6.02. The van der Waals surface area contributed by atoms with E-state index in [1.807, 2.05) is 0 Å². The second-order valence-electron chi connectivity index (χ2n) is 3.99. The van der Waals surface area contributed by atoms with Gasteiger partial charge in [0.2, 0.25) is 0 Å². The molecule has 12 heavy (non-hydrogen) atoms. The van der Waals surface area contributed by atoms with Crippen molar-refractivity contribution in [3.05, 3.63) is 5.92 Å². The smallest absolute Gasteiger partial charge is 0 e. The summed E-state index contributed by atoms with van der Waals surface area (Å²) in [7, 11) is 0. The molecule has 1 fully saturated rings. The molecule has 1 unspecified atom stereocenters. The molecule has 1 nitrogen and oxygen atoms in total. The van der Waals surface area contributed by atoms with Crippen molar-refractivity contribution in [2.24, 2.45) is 11.8 Å². The van der Waals surface area contributed by atoms with Gasteiger partial charge in [-0.3, -0.25) is 0 Å². The van der Waals surface area contributed by atoms with Crippen molar-refractivity contribution in [3.63, 3.8) is 0 Å². The first-order valence-corrected chi connectivity index (χ1v) is 4.75. The van der Waals surface area contributed by atoms with E-state index in [2.05, 4.69) is 26.1 Å². The van der Waals surface area contributed by atoms with Crippen LogP contribution in [-0.4, -0.2) is 13.1 Å². The topological polar surface area (TPSA) is 12.0 Å². The predicted molar refractivity (Wildman–Crippen MR) is 49.3 cm³/mol. The Morgan fingerprint density at radius 1 is 1.33 bits per heavy atom. The van der Waals surface area contributed by atoms with Gasteiger partial charge in [0.05, 0.1) is 0 Å². The molecule has 0 spiro atoms. The van der Waals surface area contributed by atoms with E-state index in [9.17, 15) is 0 Å². The molecule has 0 aromatic carbocycles. The first-order valence-electron chi connectivity index (χ1n) is 4.75. The summed E-state index contributed by atoms with van der Waals surface area (Å²) in [6.45, 7) is 9.38. The molecule has 72 valence electrons. The SMILES string of the molecule is C[C-]1CCNCCC1C(C)C.[Cr]. The Hall–Kier alpha value is 0.492. The first kappa shape index (κ1) is 12.5. The van der Waals surface area contributed by atoms with Crippen molar-refractivity contribution >= 4 is 0 Å². The van der Waals surface area contributed by atoms with Crippen LogP contribution in [0.1, 0.15) is 33.6 Å². The van der Waals surface area contributed by atoms with Crippen LogP contribution >= 0.6 is 0 Å². The number of hydrogen-bond acceptors (Lipinski definition) is 1. The largest absolute Gasteiger partial charge is 0.319 e. The molecule has 0 radical (unpaired) electrons. The fraction of sp³-hybridized carbons (Fsp3) is 0.900. The summed E-state index contributed by atoms with van der Waals surface area (Å²) in [6, 6.07) is 0. The van der Waals surface area contributed by atoms with E-state index in [0.717, 1.165) is 11.8 Å². The molecule has 0 saturated carbocycles. The van der Waals surface area contributed by atoms with Crippen molar-refractivity contribution in [2.45, 2.75) is 33.6 Å². The van der Waals surface area contributed by atoms with E-state index in [1.165, 1.54) is 25.9 Å². The van der Waals surface area contributed by atoms with Gasteiger partial charge >= 0.3 is 0 Å². The summed E-state index contributed by atoms with van der Waals surface area (Å²) in [5, 5.41) is 3.44. The van der Waals surface area contributed by atoms with Crippen molar-refractivity contribution in [3.8, 4) is 0 Å². The van der Waals surface area contributed by atoms with E-state index in [-0.39, 0.29) is 17.4 Å². The minimum absolute atomic E-state index is 0. The van der Waals surface area contributed by atoms with E-state index in [4.69, 9.17) is 0 Å². The summed E-state index contributed by atoms with van der Waals surface area (Å²) in [6.07, 6.45) is 2.62. The average molecular weight is 206 g/mol. The van der Waals surface area contributed by atoms with Crippen LogP contribution < -0.4 is 5.32 Å². The van der Waals surface area contributed by atoms with E-state index >= 15 is 0 Å². The Bertz CT molecular complexity index is 114. The summed E-state index contributed by atoms with van der Waals surface area (Å²) >= 11 is 0. The van der Waals surface area contributed by atoms with Gasteiger partial charge in [0.1, 0.15) is 0 Å². The molecule has 0 bridgehead atoms. The van der Waals surface area contributed by atoms with Gasteiger partial charge in [-0.1, -0.05) is 26.2 Å². The maximum absolute atomic E-state index is 3.44. The van der Waals surface area contributed by atoms with Crippen LogP contribution in [0.3, 0.4) is 0 Å². The van der Waals surface area contributed by atoms with Crippen LogP contribution in [0.2, 0.25) is 0 Å². The van der Waals surface area contributed by atoms with Gasteiger partial charge in [-0.2, -0.15) is 19.3 Å². The van der Waals surface area contributed by atoms with E-state index in [0.29, 0.717) is 0 Å². The quantitative estimate of drug-likeness (QED) is 0.649. The molecular weight excluding hydrogens is 186 g/mol. The second-order valence-corrected chi connectivity index (χ2v) is 3.99. The van der Waals surface area contributed by atoms with Gasteiger partial charge in [-0.15, -0.1) is 0 Å². The monoisotopic (exact) mass is 206 g/mol. The third-order valence-electron chi connectivity index (χ3n) is 2.77. The fourth-order valence-electron chi connectivity index (χ4n) is 2.00. The maximum Gasteiger partial charge on any atom is 0 e. The molecule has 0 aliphatic carbocycles. The van der Waals surface area contributed by atoms with Crippen LogP contribution in [0.5, 0.6) is 0 Å². The molecule has 1 atom stereocenters. The first-order chi connectivity index (χ1) is 5.22. The third-order valence-corrected chi connectivity index (χ3v) is 2.77. The minimum atomic E-state index is 0. The van der Waals surface area contributed by atoms with Crippen LogP contribution in [0.25, 0.3) is 0 Å². The van der Waals surface area contributed by atoms with Gasteiger partial charge in [0, 0.05) is 17.4 Å². The Morgan fingerprint density at radius 3 is 2.58 bits per heavy atom. The normalized spacial score (nSPS) is 26.5. The molecule has 0 aromatic rings. The summed E-state index contributed by atoms with van der Waals surface area (Å²) in [4.78, 5) is 0. The van der Waals surface area contributed by atoms with Crippen molar-refractivity contribution in [2.75, 3.05) is 13.1 Å². The van der Waals surface area contributed by atoms with Crippen LogP contribution in [-0.2, 0) is 17.4 Å². The predicted octanol–water partition coefficient (Wildman–Crippen LogP) is 2.23. The molecule has 1 rings (SSSR count). The minimum Gasteiger partial charge on any atom is -0.319 e. The van der Waals surface area contributed by atoms with Crippen molar-refractivity contribution < 1.29 is 17.4 Å². The van der Waals surface area contributed by atoms with Crippen LogP contribution in [0.4, 0.5) is 0 Å². The summed E-state index contributed by atoms with van der Waals surface area (Å²) < 4.78 is 0. The summed E-state index contributed by atoms with van der Waals surface area (Å²) in [5.41, 5.74) is 0. The van der Waals surface area contributed by atoms with Crippen molar-refractivity contribution in [1.82, 2.24) is 5.32 Å². The van der Waals surface area contributed by atoms with E-state index in [1.54, 1.807) is 5.92 Å². The third kappa shape index (κ3) is 3.48. The Balaban J connectivity index is 0.00000121. The van der Waals surface area contributed by atoms with Gasteiger partial charge in [0.15, 0.2) is 0 Å². The summed E-state index contributed by atoms with van der Waals surface area (Å²) in [5.74, 6) is 3.39. The molecule has 2 heteroatoms. The van der Waals surface area contributed by atoms with Crippen molar-refractivity contribution in [1.29, 1.82) is 0 Å². The number of nitrogens with one attached hydrogen (secondary N) is 1. The molecule has 1 heterocycles. The number of rotatable bonds is 1. The van der Waals surface area contributed by atoms with Gasteiger partial charge < -0.3 is 11.2 Å². The zero-order valence-corrected chi connectivity index (χ0v) is 9.67. The maximum atomic E-state index is 3.44. The standard InChI is InChI=1S/C10H20N.Cr/c1-8(2)10-5-7-11-6-4-9(10)3;/h8,10-11H,4-7H2,1-3H3;/q-1;. The molecular formula is C10H20CrN-. The van der Waals surface area contributed by atoms with Gasteiger partial charge in [0.25, 0.3) is 0 Å². The molecule has 1 N–H and O–H groups in total. The van der Waals surface area contributed by atoms with E-state index < -0.39 is 0 Å². The Morgan fingerprint density at radius 2 is 2.00 bits per heavy atom. The molecule has 1 aliphatic heterocycles. The van der Waals surface area contributed by atoms with Crippen LogP contribution in [0, 0.1) is 17.8 Å². The molecule has 1 aliphatic rings. The molecule has 0 amide bonds. The van der Waals surface area contributed by atoms with Gasteiger partial charge in [-0.05, 0) is 13.1 Å². The van der Waals surface area contributed by atoms with Crippen LogP contribution in [0.15, 0.2) is 0 Å².